The second-order valence-electron chi connectivity index (χ2n) is 7.86. The molecule has 0 aromatic heterocycles. The number of hydrogen-bond donors (Lipinski definition) is 0. The molecule has 2 aliphatic heterocycles. The Hall–Kier alpha value is -1.84. The highest BCUT2D eigenvalue weighted by atomic mass is 16.6. The Kier molecular flexibility index (Phi) is 3.79. The Morgan fingerprint density at radius 3 is 2.72 bits per heavy atom. The first kappa shape index (κ1) is 15.4. The highest BCUT2D eigenvalue weighted by Gasteiger charge is 2.50. The van der Waals surface area contributed by atoms with Crippen molar-refractivity contribution in [2.45, 2.75) is 36.9 Å². The lowest BCUT2D eigenvalue weighted by atomic mass is 9.88. The third-order valence-corrected chi connectivity index (χ3v) is 5.98. The van der Waals surface area contributed by atoms with Gasteiger partial charge in [-0.1, -0.05) is 42.5 Å². The molecule has 0 bridgehead atoms. The standard InChI is InChI=1S/C22H25NO2/c1-2-7-19(8-3-1)25-20-12-22(24-14-20)15-23(16-22)13-18-11-10-17-6-4-5-9-21(17)18/h1-9,18,20H,10-16H2/t18-,20?/m1/s1. The van der Waals surface area contributed by atoms with E-state index in [9.17, 15) is 0 Å². The number of para-hydroxylation sites is 1. The molecule has 25 heavy (non-hydrogen) atoms. The van der Waals surface area contributed by atoms with Gasteiger partial charge in [0, 0.05) is 26.1 Å². The van der Waals surface area contributed by atoms with Gasteiger partial charge in [0.05, 0.1) is 12.2 Å². The third kappa shape index (κ3) is 2.96. The van der Waals surface area contributed by atoms with E-state index in [4.69, 9.17) is 9.47 Å². The zero-order valence-electron chi connectivity index (χ0n) is 14.6. The summed E-state index contributed by atoms with van der Waals surface area (Å²) in [6, 6.07) is 19.1. The van der Waals surface area contributed by atoms with E-state index in [1.807, 2.05) is 30.3 Å². The van der Waals surface area contributed by atoms with Crippen molar-refractivity contribution in [2.75, 3.05) is 26.2 Å². The molecule has 2 saturated heterocycles. The highest BCUT2D eigenvalue weighted by molar-refractivity contribution is 5.35. The number of benzene rings is 2. The van der Waals surface area contributed by atoms with Crippen molar-refractivity contribution in [2.24, 2.45) is 0 Å². The van der Waals surface area contributed by atoms with Crippen LogP contribution in [-0.4, -0.2) is 42.8 Å². The van der Waals surface area contributed by atoms with Gasteiger partial charge in [0.2, 0.25) is 0 Å². The largest absolute Gasteiger partial charge is 0.488 e. The van der Waals surface area contributed by atoms with Crippen LogP contribution in [0.1, 0.15) is 29.9 Å². The molecule has 0 radical (unpaired) electrons. The SMILES string of the molecule is c1ccc(OC2COC3(C2)CN(C[C@H]2CCc4ccccc42)C3)cc1. The monoisotopic (exact) mass is 335 g/mol. The second-order valence-corrected chi connectivity index (χ2v) is 7.86. The number of aryl methyl sites for hydroxylation is 1. The fourth-order valence-corrected chi connectivity index (χ4v) is 4.83. The maximum absolute atomic E-state index is 6.16. The molecule has 0 saturated carbocycles. The van der Waals surface area contributed by atoms with E-state index >= 15 is 0 Å². The normalized spacial score (nSPS) is 27.2. The average molecular weight is 335 g/mol. The van der Waals surface area contributed by atoms with E-state index in [0.29, 0.717) is 5.92 Å². The number of rotatable bonds is 4. The molecule has 1 unspecified atom stereocenters. The molecule has 1 spiro atoms. The Morgan fingerprint density at radius 1 is 1.04 bits per heavy atom. The van der Waals surface area contributed by atoms with Crippen molar-refractivity contribution in [1.29, 1.82) is 0 Å². The minimum absolute atomic E-state index is 0.0393. The van der Waals surface area contributed by atoms with Crippen molar-refractivity contribution >= 4 is 0 Å². The highest BCUT2D eigenvalue weighted by Crippen LogP contribution is 2.40. The zero-order valence-corrected chi connectivity index (χ0v) is 14.6. The van der Waals surface area contributed by atoms with Crippen LogP contribution in [0.3, 0.4) is 0 Å². The molecule has 130 valence electrons. The van der Waals surface area contributed by atoms with Gasteiger partial charge in [-0.05, 0) is 42.0 Å². The molecule has 3 heteroatoms. The summed E-state index contributed by atoms with van der Waals surface area (Å²) in [6.45, 7) is 4.00. The van der Waals surface area contributed by atoms with E-state index in [2.05, 4.69) is 29.2 Å². The topological polar surface area (TPSA) is 21.7 Å². The van der Waals surface area contributed by atoms with Crippen LogP contribution in [0.4, 0.5) is 0 Å². The number of nitrogens with zero attached hydrogens (tertiary/aromatic N) is 1. The van der Waals surface area contributed by atoms with Crippen LogP contribution in [-0.2, 0) is 11.2 Å². The van der Waals surface area contributed by atoms with Crippen LogP contribution in [0.25, 0.3) is 0 Å². The van der Waals surface area contributed by atoms with Gasteiger partial charge >= 0.3 is 0 Å². The van der Waals surface area contributed by atoms with Gasteiger partial charge < -0.3 is 9.47 Å². The molecule has 2 aromatic carbocycles. The fourth-order valence-electron chi connectivity index (χ4n) is 4.83. The van der Waals surface area contributed by atoms with Crippen molar-refractivity contribution < 1.29 is 9.47 Å². The van der Waals surface area contributed by atoms with Gasteiger partial charge in [-0.15, -0.1) is 0 Å². The maximum Gasteiger partial charge on any atom is 0.125 e. The van der Waals surface area contributed by atoms with Gasteiger partial charge in [-0.25, -0.2) is 0 Å². The van der Waals surface area contributed by atoms with Gasteiger partial charge in [0.1, 0.15) is 11.9 Å². The Bertz CT molecular complexity index is 739. The molecule has 3 nitrogen and oxygen atoms in total. The molecule has 2 fully saturated rings. The third-order valence-electron chi connectivity index (χ3n) is 5.98. The first-order valence-corrected chi connectivity index (χ1v) is 9.46. The van der Waals surface area contributed by atoms with E-state index in [1.165, 1.54) is 19.4 Å². The van der Waals surface area contributed by atoms with Crippen LogP contribution in [0, 0.1) is 0 Å². The molecule has 2 aromatic rings. The summed E-state index contributed by atoms with van der Waals surface area (Å²) in [5, 5.41) is 0. The Morgan fingerprint density at radius 2 is 1.84 bits per heavy atom. The van der Waals surface area contributed by atoms with Crippen molar-refractivity contribution in [1.82, 2.24) is 4.90 Å². The van der Waals surface area contributed by atoms with Crippen LogP contribution in [0.15, 0.2) is 54.6 Å². The van der Waals surface area contributed by atoms with Gasteiger partial charge in [-0.2, -0.15) is 0 Å². The van der Waals surface area contributed by atoms with Crippen molar-refractivity contribution in [3.63, 3.8) is 0 Å². The Balaban J connectivity index is 1.15. The first-order valence-electron chi connectivity index (χ1n) is 9.46. The smallest absolute Gasteiger partial charge is 0.125 e. The first-order chi connectivity index (χ1) is 12.3. The molecule has 0 amide bonds. The molecular formula is C22H25NO2. The number of likely N-dealkylation sites (tertiary alicyclic amines) is 1. The lowest BCUT2D eigenvalue weighted by Gasteiger charge is -2.48. The van der Waals surface area contributed by atoms with Crippen LogP contribution in [0.5, 0.6) is 5.75 Å². The minimum atomic E-state index is 0.0393. The summed E-state index contributed by atoms with van der Waals surface area (Å²) < 4.78 is 12.2. The molecule has 2 atom stereocenters. The van der Waals surface area contributed by atoms with E-state index in [0.717, 1.165) is 31.9 Å². The summed E-state index contributed by atoms with van der Waals surface area (Å²) >= 11 is 0. The number of fused-ring (bicyclic) bond motifs is 1. The molecule has 1 aliphatic carbocycles. The number of ether oxygens (including phenoxy) is 2. The molecule has 5 rings (SSSR count). The zero-order chi connectivity index (χ0) is 16.7. The van der Waals surface area contributed by atoms with E-state index in [-0.39, 0.29) is 11.7 Å². The summed E-state index contributed by atoms with van der Waals surface area (Å²) in [4.78, 5) is 2.57. The second kappa shape index (κ2) is 6.15. The molecular weight excluding hydrogens is 310 g/mol. The predicted octanol–water partition coefficient (Wildman–Crippen LogP) is 3.64. The summed E-state index contributed by atoms with van der Waals surface area (Å²) in [5.74, 6) is 1.65. The minimum Gasteiger partial charge on any atom is -0.488 e. The lowest BCUT2D eigenvalue weighted by Crippen LogP contribution is -2.62. The van der Waals surface area contributed by atoms with Crippen molar-refractivity contribution in [3.05, 3.63) is 65.7 Å². The van der Waals surface area contributed by atoms with Crippen LogP contribution in [0.2, 0.25) is 0 Å². The molecule has 0 N–H and O–H groups in total. The molecule has 3 aliphatic rings. The maximum atomic E-state index is 6.16. The number of hydrogen-bond acceptors (Lipinski definition) is 3. The Labute approximate surface area is 149 Å². The fraction of sp³-hybridized carbons (Fsp3) is 0.455. The predicted molar refractivity (Wildman–Crippen MR) is 98.1 cm³/mol. The quantitative estimate of drug-likeness (QED) is 0.851. The van der Waals surface area contributed by atoms with E-state index in [1.54, 1.807) is 11.1 Å². The van der Waals surface area contributed by atoms with Crippen molar-refractivity contribution in [3.8, 4) is 5.75 Å². The molecule has 2 heterocycles. The average Bonchev–Trinajstić information content (AvgIpc) is 3.21. The van der Waals surface area contributed by atoms with Crippen LogP contribution < -0.4 is 4.74 Å². The lowest BCUT2D eigenvalue weighted by molar-refractivity contribution is -0.112. The van der Waals surface area contributed by atoms with E-state index < -0.39 is 0 Å². The van der Waals surface area contributed by atoms with Crippen LogP contribution >= 0.6 is 0 Å². The van der Waals surface area contributed by atoms with Gasteiger partial charge in [0.25, 0.3) is 0 Å². The summed E-state index contributed by atoms with van der Waals surface area (Å²) in [6.07, 6.45) is 3.74. The summed E-state index contributed by atoms with van der Waals surface area (Å²) in [5.41, 5.74) is 3.16. The van der Waals surface area contributed by atoms with Gasteiger partial charge in [0.15, 0.2) is 0 Å². The van der Waals surface area contributed by atoms with Gasteiger partial charge in [-0.3, -0.25) is 4.90 Å². The summed E-state index contributed by atoms with van der Waals surface area (Å²) in [7, 11) is 0.